The van der Waals surface area contributed by atoms with Crippen molar-refractivity contribution in [1.29, 1.82) is 0 Å². The summed E-state index contributed by atoms with van der Waals surface area (Å²) in [5, 5.41) is 12.7. The molecule has 2 rings (SSSR count). The van der Waals surface area contributed by atoms with Crippen molar-refractivity contribution < 1.29 is 9.84 Å². The molecule has 3 nitrogen and oxygen atoms in total. The van der Waals surface area contributed by atoms with Gasteiger partial charge in [0, 0.05) is 12.2 Å². The summed E-state index contributed by atoms with van der Waals surface area (Å²) in [5.41, 5.74) is 2.41. The highest BCUT2D eigenvalue weighted by Gasteiger charge is 2.37. The molecule has 1 fully saturated rings. The monoisotopic (exact) mass is 249 g/mol. The van der Waals surface area contributed by atoms with Crippen LogP contribution < -0.4 is 5.32 Å². The van der Waals surface area contributed by atoms with Crippen LogP contribution in [0.1, 0.15) is 19.4 Å². The Morgan fingerprint density at radius 2 is 1.94 bits per heavy atom. The molecule has 1 saturated heterocycles. The number of anilines is 1. The summed E-state index contributed by atoms with van der Waals surface area (Å²) >= 11 is 0. The molecule has 1 heterocycles. The number of hydrogen-bond acceptors (Lipinski definition) is 3. The highest BCUT2D eigenvalue weighted by molar-refractivity contribution is 5.45. The van der Waals surface area contributed by atoms with Crippen LogP contribution in [0.3, 0.4) is 0 Å². The molecule has 1 aliphatic rings. The normalized spacial score (nSPS) is 17.6. The first-order valence-electron chi connectivity index (χ1n) is 6.65. The largest absolute Gasteiger partial charge is 0.396 e. The van der Waals surface area contributed by atoms with Gasteiger partial charge in [0.05, 0.1) is 25.2 Å². The van der Waals surface area contributed by atoms with Crippen LogP contribution in [0, 0.1) is 11.3 Å². The minimum absolute atomic E-state index is 0.0728. The summed E-state index contributed by atoms with van der Waals surface area (Å²) in [7, 11) is 0. The van der Waals surface area contributed by atoms with Gasteiger partial charge in [-0.25, -0.2) is 0 Å². The van der Waals surface area contributed by atoms with Crippen molar-refractivity contribution in [3.63, 3.8) is 0 Å². The zero-order valence-corrected chi connectivity index (χ0v) is 11.3. The molecule has 0 aliphatic carbocycles. The summed E-state index contributed by atoms with van der Waals surface area (Å²) in [6.45, 7) is 6.73. The lowest BCUT2D eigenvalue weighted by molar-refractivity contribution is -0.128. The van der Waals surface area contributed by atoms with E-state index in [1.165, 1.54) is 5.56 Å². The Morgan fingerprint density at radius 3 is 2.39 bits per heavy atom. The van der Waals surface area contributed by atoms with Crippen molar-refractivity contribution in [1.82, 2.24) is 0 Å². The van der Waals surface area contributed by atoms with Gasteiger partial charge in [-0.15, -0.1) is 0 Å². The van der Waals surface area contributed by atoms with Gasteiger partial charge in [0.25, 0.3) is 0 Å². The molecule has 18 heavy (non-hydrogen) atoms. The van der Waals surface area contributed by atoms with Crippen molar-refractivity contribution >= 4 is 5.69 Å². The van der Waals surface area contributed by atoms with E-state index < -0.39 is 0 Å². The maximum Gasteiger partial charge on any atom is 0.0584 e. The molecule has 0 bridgehead atoms. The fourth-order valence-corrected chi connectivity index (χ4v) is 2.16. The fraction of sp³-hybridized carbons (Fsp3) is 0.600. The number of rotatable bonds is 6. The maximum absolute atomic E-state index is 9.34. The Hall–Kier alpha value is -1.06. The third-order valence-corrected chi connectivity index (χ3v) is 3.42. The van der Waals surface area contributed by atoms with Crippen molar-refractivity contribution in [2.24, 2.45) is 11.3 Å². The van der Waals surface area contributed by atoms with Crippen molar-refractivity contribution in [3.8, 4) is 0 Å². The van der Waals surface area contributed by atoms with Gasteiger partial charge in [-0.3, -0.25) is 0 Å². The van der Waals surface area contributed by atoms with Crippen LogP contribution in [0.15, 0.2) is 24.3 Å². The summed E-state index contributed by atoms with van der Waals surface area (Å²) in [6.07, 6.45) is 1.12. The molecule has 0 spiro atoms. The molecule has 0 aromatic heterocycles. The van der Waals surface area contributed by atoms with Gasteiger partial charge in [0.2, 0.25) is 0 Å². The summed E-state index contributed by atoms with van der Waals surface area (Å²) in [4.78, 5) is 0. The van der Waals surface area contributed by atoms with E-state index in [1.54, 1.807) is 0 Å². The van der Waals surface area contributed by atoms with Gasteiger partial charge < -0.3 is 15.2 Å². The van der Waals surface area contributed by atoms with E-state index in [2.05, 4.69) is 43.4 Å². The molecule has 0 saturated carbocycles. The number of aliphatic hydroxyl groups excluding tert-OH is 1. The van der Waals surface area contributed by atoms with Gasteiger partial charge in [-0.05, 0) is 30.0 Å². The van der Waals surface area contributed by atoms with E-state index in [1.807, 2.05) is 0 Å². The molecule has 1 aromatic carbocycles. The second kappa shape index (κ2) is 5.72. The average molecular weight is 249 g/mol. The van der Waals surface area contributed by atoms with Gasteiger partial charge in [-0.2, -0.15) is 0 Å². The standard InChI is InChI=1S/C15H23NO2/c1-12(2)7-13-3-5-14(6-4-13)16-8-15(9-17)10-18-11-15/h3-6,12,16-17H,7-11H2,1-2H3. The molecule has 3 heteroatoms. The van der Waals surface area contributed by atoms with Crippen LogP contribution in [-0.2, 0) is 11.2 Å². The predicted octanol–water partition coefficient (Wildman–Crippen LogP) is 2.31. The second-order valence-electron chi connectivity index (χ2n) is 5.80. The summed E-state index contributed by atoms with van der Waals surface area (Å²) in [5.74, 6) is 0.689. The van der Waals surface area contributed by atoms with Crippen LogP contribution in [-0.4, -0.2) is 31.5 Å². The zero-order chi connectivity index (χ0) is 13.0. The SMILES string of the molecule is CC(C)Cc1ccc(NCC2(CO)COC2)cc1. The average Bonchev–Trinajstić information content (AvgIpc) is 2.30. The zero-order valence-electron chi connectivity index (χ0n) is 11.3. The summed E-state index contributed by atoms with van der Waals surface area (Å²) in [6, 6.07) is 8.57. The van der Waals surface area contributed by atoms with E-state index >= 15 is 0 Å². The molecule has 0 unspecified atom stereocenters. The minimum Gasteiger partial charge on any atom is -0.396 e. The third kappa shape index (κ3) is 3.24. The lowest BCUT2D eigenvalue weighted by Gasteiger charge is -2.40. The van der Waals surface area contributed by atoms with Gasteiger partial charge >= 0.3 is 0 Å². The van der Waals surface area contributed by atoms with E-state index in [0.29, 0.717) is 19.1 Å². The third-order valence-electron chi connectivity index (χ3n) is 3.42. The molecule has 1 aromatic rings. The second-order valence-corrected chi connectivity index (χ2v) is 5.80. The number of aliphatic hydroxyl groups is 1. The number of ether oxygens (including phenoxy) is 1. The van der Waals surface area contributed by atoms with E-state index in [4.69, 9.17) is 4.74 Å². The van der Waals surface area contributed by atoms with Crippen LogP contribution in [0.4, 0.5) is 5.69 Å². The minimum atomic E-state index is -0.0728. The molecule has 100 valence electrons. The molecule has 0 amide bonds. The topological polar surface area (TPSA) is 41.5 Å². The Bertz CT molecular complexity index is 363. The van der Waals surface area contributed by atoms with E-state index in [9.17, 15) is 5.11 Å². The number of hydrogen-bond donors (Lipinski definition) is 2. The fourth-order valence-electron chi connectivity index (χ4n) is 2.16. The summed E-state index contributed by atoms with van der Waals surface area (Å²) < 4.78 is 5.18. The molecule has 0 radical (unpaired) electrons. The molecular weight excluding hydrogens is 226 g/mol. The molecule has 2 N–H and O–H groups in total. The van der Waals surface area contributed by atoms with Crippen LogP contribution in [0.5, 0.6) is 0 Å². The highest BCUT2D eigenvalue weighted by Crippen LogP contribution is 2.27. The Balaban J connectivity index is 1.86. The Morgan fingerprint density at radius 1 is 1.28 bits per heavy atom. The van der Waals surface area contributed by atoms with Crippen LogP contribution in [0.2, 0.25) is 0 Å². The van der Waals surface area contributed by atoms with E-state index in [-0.39, 0.29) is 12.0 Å². The first kappa shape index (κ1) is 13.4. The lowest BCUT2D eigenvalue weighted by atomic mass is 9.87. The van der Waals surface area contributed by atoms with Crippen molar-refractivity contribution in [2.45, 2.75) is 20.3 Å². The van der Waals surface area contributed by atoms with Crippen molar-refractivity contribution in [2.75, 3.05) is 31.7 Å². The number of nitrogens with one attached hydrogen (secondary N) is 1. The predicted molar refractivity (Wildman–Crippen MR) is 73.8 cm³/mol. The number of benzene rings is 1. The van der Waals surface area contributed by atoms with Crippen LogP contribution >= 0.6 is 0 Å². The Labute approximate surface area is 109 Å². The van der Waals surface area contributed by atoms with Gasteiger partial charge in [0.1, 0.15) is 0 Å². The first-order valence-corrected chi connectivity index (χ1v) is 6.65. The van der Waals surface area contributed by atoms with Crippen molar-refractivity contribution in [3.05, 3.63) is 29.8 Å². The first-order chi connectivity index (χ1) is 8.63. The molecule has 0 atom stereocenters. The smallest absolute Gasteiger partial charge is 0.0584 e. The highest BCUT2D eigenvalue weighted by atomic mass is 16.5. The van der Waals surface area contributed by atoms with Gasteiger partial charge in [-0.1, -0.05) is 26.0 Å². The quantitative estimate of drug-likeness (QED) is 0.813. The lowest BCUT2D eigenvalue weighted by Crippen LogP contribution is -2.50. The maximum atomic E-state index is 9.34. The van der Waals surface area contributed by atoms with Crippen LogP contribution in [0.25, 0.3) is 0 Å². The molecular formula is C15H23NO2. The van der Waals surface area contributed by atoms with Gasteiger partial charge in [0.15, 0.2) is 0 Å². The Kier molecular flexibility index (Phi) is 4.25. The molecule has 1 aliphatic heterocycles. The van der Waals surface area contributed by atoms with E-state index in [0.717, 1.165) is 18.7 Å².